The van der Waals surface area contributed by atoms with Gasteiger partial charge in [-0.3, -0.25) is 4.79 Å². The van der Waals surface area contributed by atoms with Gasteiger partial charge in [-0.2, -0.15) is 4.72 Å². The summed E-state index contributed by atoms with van der Waals surface area (Å²) in [5.41, 5.74) is 1.41. The quantitative estimate of drug-likeness (QED) is 0.842. The fourth-order valence-corrected chi connectivity index (χ4v) is 3.50. The van der Waals surface area contributed by atoms with E-state index < -0.39 is 22.0 Å². The van der Waals surface area contributed by atoms with Crippen LogP contribution in [0.25, 0.3) is 0 Å². The third-order valence-corrected chi connectivity index (χ3v) is 4.98. The summed E-state index contributed by atoms with van der Waals surface area (Å²) in [6, 6.07) is 3.96. The normalized spacial score (nSPS) is 14.8. The molecule has 5 nitrogen and oxygen atoms in total. The number of hydrogen-bond donors (Lipinski definition) is 2. The van der Waals surface area contributed by atoms with Gasteiger partial charge in [-0.15, -0.1) is 0 Å². The van der Waals surface area contributed by atoms with E-state index in [0.29, 0.717) is 12.0 Å². The topological polar surface area (TPSA) is 83.5 Å². The first-order valence-corrected chi connectivity index (χ1v) is 7.99. The number of rotatable bonds is 6. The lowest BCUT2D eigenvalue weighted by Crippen LogP contribution is -2.45. The van der Waals surface area contributed by atoms with Crippen molar-refractivity contribution < 1.29 is 18.3 Å². The van der Waals surface area contributed by atoms with Crippen LogP contribution in [-0.2, 0) is 14.8 Å². The maximum Gasteiger partial charge on any atom is 0.322 e. The molecule has 0 bridgehead atoms. The Kier molecular flexibility index (Phi) is 5.30. The van der Waals surface area contributed by atoms with Crippen LogP contribution in [0.3, 0.4) is 0 Å². The molecule has 1 unspecified atom stereocenters. The van der Waals surface area contributed by atoms with Crippen LogP contribution < -0.4 is 4.72 Å². The van der Waals surface area contributed by atoms with Crippen molar-refractivity contribution in [1.29, 1.82) is 0 Å². The van der Waals surface area contributed by atoms with Crippen molar-refractivity contribution in [2.24, 2.45) is 5.92 Å². The summed E-state index contributed by atoms with van der Waals surface area (Å²) in [6.45, 7) is 7.02. The molecular weight excluding hydrogens is 278 g/mol. The van der Waals surface area contributed by atoms with Crippen LogP contribution in [0.5, 0.6) is 0 Å². The van der Waals surface area contributed by atoms with Gasteiger partial charge in [-0.05, 0) is 37.0 Å². The first kappa shape index (κ1) is 16.7. The van der Waals surface area contributed by atoms with Crippen molar-refractivity contribution in [3.63, 3.8) is 0 Å². The minimum absolute atomic E-state index is 0.132. The second-order valence-corrected chi connectivity index (χ2v) is 6.77. The first-order valence-electron chi connectivity index (χ1n) is 6.51. The molecule has 0 aliphatic rings. The highest BCUT2D eigenvalue weighted by atomic mass is 32.2. The number of nitrogens with one attached hydrogen (secondary N) is 1. The van der Waals surface area contributed by atoms with E-state index in [-0.39, 0.29) is 10.8 Å². The standard InChI is InChI=1S/C14H21NO4S/c1-5-10(3)13(14(16)17)15-20(18,19)12-8-9(2)6-7-11(12)4/h6-8,10,13,15H,5H2,1-4H3,(H,16,17)/t10?,13-/m0/s1. The molecule has 2 atom stereocenters. The Hall–Kier alpha value is -1.40. The summed E-state index contributed by atoms with van der Waals surface area (Å²) in [5, 5.41) is 9.18. The lowest BCUT2D eigenvalue weighted by molar-refractivity contribution is -0.140. The Bertz CT molecular complexity index is 595. The lowest BCUT2D eigenvalue weighted by Gasteiger charge is -2.20. The minimum atomic E-state index is -3.84. The molecular formula is C14H21NO4S. The van der Waals surface area contributed by atoms with E-state index in [1.165, 1.54) is 0 Å². The maximum atomic E-state index is 12.4. The highest BCUT2D eigenvalue weighted by molar-refractivity contribution is 7.89. The zero-order valence-electron chi connectivity index (χ0n) is 12.2. The Morgan fingerprint density at radius 1 is 1.35 bits per heavy atom. The number of carboxylic acid groups (broad SMARTS) is 1. The predicted molar refractivity (Wildman–Crippen MR) is 77.1 cm³/mol. The Labute approximate surface area is 120 Å². The maximum absolute atomic E-state index is 12.4. The molecule has 0 aromatic heterocycles. The minimum Gasteiger partial charge on any atom is -0.480 e. The van der Waals surface area contributed by atoms with Crippen LogP contribution >= 0.6 is 0 Å². The van der Waals surface area contributed by atoms with Crippen LogP contribution in [0, 0.1) is 19.8 Å². The van der Waals surface area contributed by atoms with Gasteiger partial charge >= 0.3 is 5.97 Å². The van der Waals surface area contributed by atoms with Gasteiger partial charge in [-0.25, -0.2) is 8.42 Å². The molecule has 0 aliphatic carbocycles. The molecule has 6 heteroatoms. The Morgan fingerprint density at radius 3 is 2.45 bits per heavy atom. The molecule has 0 saturated carbocycles. The second kappa shape index (κ2) is 6.37. The van der Waals surface area contributed by atoms with E-state index in [1.807, 2.05) is 13.0 Å². The predicted octanol–water partition coefficient (Wildman–Crippen LogP) is 2.08. The van der Waals surface area contributed by atoms with Gasteiger partial charge in [-0.1, -0.05) is 32.4 Å². The van der Waals surface area contributed by atoms with Gasteiger partial charge in [0.05, 0.1) is 4.90 Å². The van der Waals surface area contributed by atoms with E-state index in [1.54, 1.807) is 32.9 Å². The third-order valence-electron chi connectivity index (χ3n) is 3.39. The van der Waals surface area contributed by atoms with E-state index in [9.17, 15) is 18.3 Å². The third kappa shape index (κ3) is 3.80. The van der Waals surface area contributed by atoms with Gasteiger partial charge in [0.15, 0.2) is 0 Å². The fourth-order valence-electron chi connectivity index (χ4n) is 1.87. The smallest absolute Gasteiger partial charge is 0.322 e. The van der Waals surface area contributed by atoms with Crippen molar-refractivity contribution in [2.75, 3.05) is 0 Å². The molecule has 1 rings (SSSR count). The zero-order chi connectivity index (χ0) is 15.5. The van der Waals surface area contributed by atoms with Gasteiger partial charge in [0.2, 0.25) is 10.0 Å². The first-order chi connectivity index (χ1) is 9.19. The number of aryl methyl sites for hydroxylation is 2. The molecule has 1 aromatic rings. The van der Waals surface area contributed by atoms with Crippen LogP contribution in [0.1, 0.15) is 31.4 Å². The second-order valence-electron chi connectivity index (χ2n) is 5.09. The van der Waals surface area contributed by atoms with Crippen LogP contribution in [0.15, 0.2) is 23.1 Å². The van der Waals surface area contributed by atoms with E-state index in [2.05, 4.69) is 4.72 Å². The lowest BCUT2D eigenvalue weighted by atomic mass is 10.0. The summed E-state index contributed by atoms with van der Waals surface area (Å²) in [6.07, 6.45) is 0.576. The summed E-state index contributed by atoms with van der Waals surface area (Å²) in [5.74, 6) is -1.44. The summed E-state index contributed by atoms with van der Waals surface area (Å²) in [7, 11) is -3.84. The van der Waals surface area contributed by atoms with Crippen LogP contribution in [0.4, 0.5) is 0 Å². The SMILES string of the molecule is CCC(C)[C@H](NS(=O)(=O)c1cc(C)ccc1C)C(=O)O. The molecule has 2 N–H and O–H groups in total. The van der Waals surface area contributed by atoms with E-state index in [0.717, 1.165) is 5.56 Å². The molecule has 0 fully saturated rings. The molecule has 112 valence electrons. The number of sulfonamides is 1. The number of carbonyl (C=O) groups is 1. The molecule has 20 heavy (non-hydrogen) atoms. The van der Waals surface area contributed by atoms with Crippen molar-refractivity contribution in [3.8, 4) is 0 Å². The van der Waals surface area contributed by atoms with Gasteiger partial charge in [0.25, 0.3) is 0 Å². The van der Waals surface area contributed by atoms with Crippen LogP contribution in [-0.4, -0.2) is 25.5 Å². The molecule has 0 saturated heterocycles. The molecule has 0 spiro atoms. The van der Waals surface area contributed by atoms with Crippen molar-refractivity contribution in [3.05, 3.63) is 29.3 Å². The zero-order valence-corrected chi connectivity index (χ0v) is 13.0. The Morgan fingerprint density at radius 2 is 1.95 bits per heavy atom. The van der Waals surface area contributed by atoms with Gasteiger partial charge < -0.3 is 5.11 Å². The summed E-state index contributed by atoms with van der Waals surface area (Å²) < 4.78 is 27.0. The van der Waals surface area contributed by atoms with E-state index in [4.69, 9.17) is 0 Å². The highest BCUT2D eigenvalue weighted by Gasteiger charge is 2.30. The largest absolute Gasteiger partial charge is 0.480 e. The molecule has 1 aromatic carbocycles. The molecule has 0 heterocycles. The van der Waals surface area contributed by atoms with Crippen molar-refractivity contribution in [2.45, 2.75) is 45.1 Å². The Balaban J connectivity index is 3.16. The number of benzene rings is 1. The van der Waals surface area contributed by atoms with E-state index >= 15 is 0 Å². The average molecular weight is 299 g/mol. The van der Waals surface area contributed by atoms with Gasteiger partial charge in [0, 0.05) is 0 Å². The average Bonchev–Trinajstić information content (AvgIpc) is 2.37. The number of aliphatic carboxylic acids is 1. The van der Waals surface area contributed by atoms with Crippen molar-refractivity contribution in [1.82, 2.24) is 4.72 Å². The monoisotopic (exact) mass is 299 g/mol. The summed E-state index contributed by atoms with van der Waals surface area (Å²) in [4.78, 5) is 11.4. The van der Waals surface area contributed by atoms with Crippen molar-refractivity contribution >= 4 is 16.0 Å². The fraction of sp³-hybridized carbons (Fsp3) is 0.500. The highest BCUT2D eigenvalue weighted by Crippen LogP contribution is 2.19. The summed E-state index contributed by atoms with van der Waals surface area (Å²) >= 11 is 0. The number of hydrogen-bond acceptors (Lipinski definition) is 3. The molecule has 0 amide bonds. The number of carboxylic acids is 1. The molecule has 0 aliphatic heterocycles. The van der Waals surface area contributed by atoms with Gasteiger partial charge in [0.1, 0.15) is 6.04 Å². The molecule has 0 radical (unpaired) electrons. The van der Waals surface area contributed by atoms with Crippen LogP contribution in [0.2, 0.25) is 0 Å².